The molecule has 0 radical (unpaired) electrons. The summed E-state index contributed by atoms with van der Waals surface area (Å²) in [6, 6.07) is 14.2. The summed E-state index contributed by atoms with van der Waals surface area (Å²) in [7, 11) is 1.71. The Hall–Kier alpha value is -2.72. The fourth-order valence-electron chi connectivity index (χ4n) is 3.87. The first-order valence-electron chi connectivity index (χ1n) is 10.4. The second-order valence-electron chi connectivity index (χ2n) is 9.24. The van der Waals surface area contributed by atoms with Crippen LogP contribution in [-0.4, -0.2) is 17.0 Å². The van der Waals surface area contributed by atoms with E-state index in [9.17, 15) is 9.59 Å². The Labute approximate surface area is 178 Å². The van der Waals surface area contributed by atoms with Crippen LogP contribution in [0.25, 0.3) is 21.9 Å². The number of carbonyl (C=O) groups excluding carboxylic acids is 1. The molecule has 0 N–H and O–H groups in total. The van der Waals surface area contributed by atoms with Gasteiger partial charge in [0.25, 0.3) is 5.56 Å². The summed E-state index contributed by atoms with van der Waals surface area (Å²) in [5, 5.41) is 1.48. The molecule has 0 saturated carbocycles. The first-order valence-corrected chi connectivity index (χ1v) is 10.4. The van der Waals surface area contributed by atoms with Gasteiger partial charge in [-0.25, -0.2) is 0 Å². The zero-order valence-corrected chi connectivity index (χ0v) is 18.9. The third kappa shape index (κ3) is 4.10. The molecule has 3 aromatic rings. The topological polar surface area (TPSA) is 48.3 Å². The molecule has 0 saturated heterocycles. The molecule has 2 aromatic carbocycles. The highest BCUT2D eigenvalue weighted by Crippen LogP contribution is 2.36. The molecular formula is C26H31NO3. The molecule has 1 heterocycles. The van der Waals surface area contributed by atoms with Crippen LogP contribution in [0.2, 0.25) is 0 Å². The lowest BCUT2D eigenvalue weighted by Crippen LogP contribution is -2.26. The van der Waals surface area contributed by atoms with Gasteiger partial charge in [0.1, 0.15) is 0 Å². The summed E-state index contributed by atoms with van der Waals surface area (Å²) in [4.78, 5) is 25.2. The summed E-state index contributed by atoms with van der Waals surface area (Å²) < 4.78 is 7.47. The van der Waals surface area contributed by atoms with Crippen LogP contribution in [0.5, 0.6) is 0 Å². The van der Waals surface area contributed by atoms with E-state index in [0.717, 1.165) is 28.4 Å². The molecule has 0 spiro atoms. The summed E-state index contributed by atoms with van der Waals surface area (Å²) in [6.07, 6.45) is -0.201. The third-order valence-electron chi connectivity index (χ3n) is 5.45. The molecule has 0 aliphatic carbocycles. The minimum atomic E-state index is -0.829. The summed E-state index contributed by atoms with van der Waals surface area (Å²) in [6.45, 7) is 12.3. The van der Waals surface area contributed by atoms with Gasteiger partial charge in [0.05, 0.1) is 11.8 Å². The summed E-state index contributed by atoms with van der Waals surface area (Å²) in [5.41, 5.74) is 4.61. The molecule has 0 aliphatic heterocycles. The third-order valence-corrected chi connectivity index (χ3v) is 5.45. The van der Waals surface area contributed by atoms with Crippen LogP contribution in [0.1, 0.15) is 57.5 Å². The molecular weight excluding hydrogens is 374 g/mol. The standard InChI is InChI=1S/C26H31NO3/c1-16(2)30-22(15-28)24-23(18-9-11-19(12-10-18)26(4,5)6)21-14-17(3)8-13-20(21)25(29)27(24)7/h8-16,22H,1-7H3. The molecule has 0 bridgehead atoms. The molecule has 158 valence electrons. The van der Waals surface area contributed by atoms with Crippen molar-refractivity contribution in [2.45, 2.75) is 59.2 Å². The molecule has 30 heavy (non-hydrogen) atoms. The van der Waals surface area contributed by atoms with E-state index in [1.807, 2.05) is 39.0 Å². The van der Waals surface area contributed by atoms with Crippen molar-refractivity contribution in [3.05, 3.63) is 69.6 Å². The number of aromatic nitrogens is 1. The number of benzene rings is 2. The predicted octanol–water partition coefficient (Wildman–Crippen LogP) is 5.48. The highest BCUT2D eigenvalue weighted by Gasteiger charge is 2.25. The number of hydrogen-bond donors (Lipinski definition) is 0. The average Bonchev–Trinajstić information content (AvgIpc) is 2.68. The van der Waals surface area contributed by atoms with E-state index in [1.165, 1.54) is 5.56 Å². The van der Waals surface area contributed by atoms with Crippen LogP contribution < -0.4 is 5.56 Å². The van der Waals surface area contributed by atoms with E-state index in [1.54, 1.807) is 11.6 Å². The number of pyridine rings is 1. The van der Waals surface area contributed by atoms with E-state index < -0.39 is 6.10 Å². The lowest BCUT2D eigenvalue weighted by atomic mass is 9.85. The number of ether oxygens (including phenoxy) is 1. The lowest BCUT2D eigenvalue weighted by Gasteiger charge is -2.24. The lowest BCUT2D eigenvalue weighted by molar-refractivity contribution is -0.121. The molecule has 1 unspecified atom stereocenters. The number of aldehydes is 1. The Morgan fingerprint density at radius 2 is 1.63 bits per heavy atom. The maximum atomic E-state index is 13.1. The van der Waals surface area contributed by atoms with Gasteiger partial charge < -0.3 is 14.1 Å². The van der Waals surface area contributed by atoms with E-state index in [0.29, 0.717) is 11.1 Å². The number of hydrogen-bond acceptors (Lipinski definition) is 3. The van der Waals surface area contributed by atoms with Crippen molar-refractivity contribution in [2.75, 3.05) is 0 Å². The summed E-state index contributed by atoms with van der Waals surface area (Å²) >= 11 is 0. The minimum Gasteiger partial charge on any atom is -0.362 e. The number of rotatable bonds is 5. The van der Waals surface area contributed by atoms with Crippen LogP contribution in [0, 0.1) is 6.92 Å². The zero-order valence-electron chi connectivity index (χ0n) is 18.9. The minimum absolute atomic E-state index is 0.0373. The fourth-order valence-corrected chi connectivity index (χ4v) is 3.87. The predicted molar refractivity (Wildman–Crippen MR) is 123 cm³/mol. The van der Waals surface area contributed by atoms with E-state index in [4.69, 9.17) is 4.74 Å². The van der Waals surface area contributed by atoms with Crippen LogP contribution in [-0.2, 0) is 22.0 Å². The van der Waals surface area contributed by atoms with E-state index in [2.05, 4.69) is 45.0 Å². The smallest absolute Gasteiger partial charge is 0.258 e. The first-order chi connectivity index (χ1) is 14.0. The van der Waals surface area contributed by atoms with Gasteiger partial charge in [0.15, 0.2) is 12.4 Å². The monoisotopic (exact) mass is 405 g/mol. The van der Waals surface area contributed by atoms with E-state index in [-0.39, 0.29) is 17.1 Å². The average molecular weight is 406 g/mol. The van der Waals surface area contributed by atoms with Gasteiger partial charge in [-0.15, -0.1) is 0 Å². The van der Waals surface area contributed by atoms with Crippen molar-refractivity contribution in [3.8, 4) is 11.1 Å². The Bertz CT molecular complexity index is 1130. The van der Waals surface area contributed by atoms with Gasteiger partial charge in [-0.05, 0) is 48.8 Å². The second-order valence-corrected chi connectivity index (χ2v) is 9.24. The number of carbonyl (C=O) groups is 1. The maximum Gasteiger partial charge on any atom is 0.258 e. The molecule has 3 rings (SSSR count). The zero-order chi connectivity index (χ0) is 22.2. The van der Waals surface area contributed by atoms with Crippen LogP contribution in [0.4, 0.5) is 0 Å². The number of aryl methyl sites for hydroxylation is 1. The molecule has 1 atom stereocenters. The highest BCUT2D eigenvalue weighted by atomic mass is 16.5. The van der Waals surface area contributed by atoms with Crippen molar-refractivity contribution >= 4 is 17.1 Å². The number of nitrogens with zero attached hydrogens (tertiary/aromatic N) is 1. The summed E-state index contributed by atoms with van der Waals surface area (Å²) in [5.74, 6) is 0. The van der Waals surface area contributed by atoms with Gasteiger partial charge >= 0.3 is 0 Å². The molecule has 0 aliphatic rings. The Morgan fingerprint density at radius 1 is 1.00 bits per heavy atom. The van der Waals surface area contributed by atoms with Crippen LogP contribution in [0.15, 0.2) is 47.3 Å². The van der Waals surface area contributed by atoms with Crippen LogP contribution >= 0.6 is 0 Å². The molecule has 4 heteroatoms. The van der Waals surface area contributed by atoms with Crippen molar-refractivity contribution in [1.82, 2.24) is 4.57 Å². The van der Waals surface area contributed by atoms with Gasteiger partial charge in [0, 0.05) is 18.0 Å². The molecule has 0 fully saturated rings. The fraction of sp³-hybridized carbons (Fsp3) is 0.385. The van der Waals surface area contributed by atoms with E-state index >= 15 is 0 Å². The normalized spacial score (nSPS) is 13.1. The van der Waals surface area contributed by atoms with Crippen molar-refractivity contribution in [1.29, 1.82) is 0 Å². The maximum absolute atomic E-state index is 13.1. The Kier molecular flexibility index (Phi) is 6.00. The SMILES string of the molecule is Cc1ccc2c(=O)n(C)c(C(C=O)OC(C)C)c(-c3ccc(C(C)(C)C)cc3)c2c1. The van der Waals surface area contributed by atoms with Crippen molar-refractivity contribution < 1.29 is 9.53 Å². The van der Waals surface area contributed by atoms with Crippen LogP contribution in [0.3, 0.4) is 0 Å². The van der Waals surface area contributed by atoms with Gasteiger partial charge in [0.2, 0.25) is 0 Å². The van der Waals surface area contributed by atoms with Gasteiger partial charge in [-0.2, -0.15) is 0 Å². The quantitative estimate of drug-likeness (QED) is 0.528. The molecule has 0 amide bonds. The number of fused-ring (bicyclic) bond motifs is 1. The Balaban J connectivity index is 2.41. The molecule has 4 nitrogen and oxygen atoms in total. The second kappa shape index (κ2) is 8.19. The van der Waals surface area contributed by atoms with Crippen molar-refractivity contribution in [2.24, 2.45) is 7.05 Å². The Morgan fingerprint density at radius 3 is 2.17 bits per heavy atom. The first kappa shape index (κ1) is 22.0. The highest BCUT2D eigenvalue weighted by molar-refractivity contribution is 5.98. The molecule has 1 aromatic heterocycles. The van der Waals surface area contributed by atoms with Gasteiger partial charge in [-0.3, -0.25) is 4.79 Å². The van der Waals surface area contributed by atoms with Gasteiger partial charge in [-0.1, -0.05) is 62.7 Å². The largest absolute Gasteiger partial charge is 0.362 e. The van der Waals surface area contributed by atoms with Crippen molar-refractivity contribution in [3.63, 3.8) is 0 Å².